The summed E-state index contributed by atoms with van der Waals surface area (Å²) in [6, 6.07) is 16.5. The highest BCUT2D eigenvalue weighted by Crippen LogP contribution is 2.36. The van der Waals surface area contributed by atoms with E-state index in [1.54, 1.807) is 0 Å². The molecular weight excluding hydrogens is 505 g/mol. The van der Waals surface area contributed by atoms with E-state index in [4.69, 9.17) is 16.3 Å². The van der Waals surface area contributed by atoms with Crippen molar-refractivity contribution in [2.24, 2.45) is 0 Å². The van der Waals surface area contributed by atoms with Gasteiger partial charge in [-0.15, -0.1) is 0 Å². The van der Waals surface area contributed by atoms with Gasteiger partial charge in [-0.05, 0) is 55.0 Å². The van der Waals surface area contributed by atoms with Crippen LogP contribution in [0.15, 0.2) is 66.7 Å². The van der Waals surface area contributed by atoms with Crippen molar-refractivity contribution >= 4 is 38.9 Å². The van der Waals surface area contributed by atoms with Crippen molar-refractivity contribution in [1.29, 1.82) is 0 Å². The van der Waals surface area contributed by atoms with E-state index in [1.807, 2.05) is 31.2 Å². The van der Waals surface area contributed by atoms with E-state index in [-0.39, 0.29) is 17.3 Å². The Kier molecular flexibility index (Phi) is 7.97. The SMILES string of the molecule is Cc1ccc(CN(c2ccc(OCC(=O)Nc3ccc(Cl)cc3C(F)(F)F)cc2)S(C)(=O)=O)cc1. The molecule has 1 amide bonds. The maximum Gasteiger partial charge on any atom is 0.418 e. The van der Waals surface area contributed by atoms with Gasteiger partial charge in [0.05, 0.1) is 29.7 Å². The lowest BCUT2D eigenvalue weighted by molar-refractivity contribution is -0.137. The van der Waals surface area contributed by atoms with E-state index in [2.05, 4.69) is 5.32 Å². The highest BCUT2D eigenvalue weighted by atomic mass is 35.5. The highest BCUT2D eigenvalue weighted by molar-refractivity contribution is 7.92. The molecule has 3 aromatic carbocycles. The maximum atomic E-state index is 13.2. The Morgan fingerprint density at radius 3 is 2.23 bits per heavy atom. The third kappa shape index (κ3) is 7.37. The molecule has 0 heterocycles. The Balaban J connectivity index is 1.67. The summed E-state index contributed by atoms with van der Waals surface area (Å²) in [4.78, 5) is 12.2. The fourth-order valence-corrected chi connectivity index (χ4v) is 4.22. The second kappa shape index (κ2) is 10.6. The Morgan fingerprint density at radius 1 is 1.03 bits per heavy atom. The molecule has 6 nitrogen and oxygen atoms in total. The van der Waals surface area contributed by atoms with Crippen LogP contribution in [0.2, 0.25) is 5.02 Å². The average Bonchev–Trinajstić information content (AvgIpc) is 2.77. The zero-order valence-corrected chi connectivity index (χ0v) is 20.3. The van der Waals surface area contributed by atoms with E-state index in [0.717, 1.165) is 29.5 Å². The number of sulfonamides is 1. The molecule has 3 rings (SSSR count). The van der Waals surface area contributed by atoms with Crippen molar-refractivity contribution in [2.75, 3.05) is 22.5 Å². The molecule has 0 spiro atoms. The van der Waals surface area contributed by atoms with E-state index in [0.29, 0.717) is 5.69 Å². The van der Waals surface area contributed by atoms with Crippen molar-refractivity contribution in [3.05, 3.63) is 88.4 Å². The van der Waals surface area contributed by atoms with Crippen molar-refractivity contribution < 1.29 is 31.1 Å². The topological polar surface area (TPSA) is 75.7 Å². The molecule has 3 aromatic rings. The summed E-state index contributed by atoms with van der Waals surface area (Å²) in [6.45, 7) is 1.50. The fourth-order valence-electron chi connectivity index (χ4n) is 3.16. The zero-order valence-electron chi connectivity index (χ0n) is 18.8. The molecule has 0 atom stereocenters. The highest BCUT2D eigenvalue weighted by Gasteiger charge is 2.34. The first kappa shape index (κ1) is 26.4. The smallest absolute Gasteiger partial charge is 0.418 e. The molecule has 0 bridgehead atoms. The molecule has 0 aliphatic carbocycles. The zero-order chi connectivity index (χ0) is 25.8. The van der Waals surface area contributed by atoms with Crippen LogP contribution in [0, 0.1) is 6.92 Å². The molecule has 35 heavy (non-hydrogen) atoms. The lowest BCUT2D eigenvalue weighted by Gasteiger charge is -2.23. The number of hydrogen-bond acceptors (Lipinski definition) is 4. The van der Waals surface area contributed by atoms with Gasteiger partial charge in [0.25, 0.3) is 5.91 Å². The van der Waals surface area contributed by atoms with Crippen LogP contribution in [0.5, 0.6) is 5.75 Å². The minimum absolute atomic E-state index is 0.114. The molecule has 0 unspecified atom stereocenters. The number of nitrogens with one attached hydrogen (secondary N) is 1. The number of halogens is 4. The van der Waals surface area contributed by atoms with Crippen molar-refractivity contribution in [3.8, 4) is 5.75 Å². The number of rotatable bonds is 8. The van der Waals surface area contributed by atoms with Gasteiger partial charge in [0.2, 0.25) is 10.0 Å². The third-order valence-electron chi connectivity index (χ3n) is 4.90. The molecule has 186 valence electrons. The van der Waals surface area contributed by atoms with E-state index in [1.165, 1.54) is 34.6 Å². The van der Waals surface area contributed by atoms with Crippen LogP contribution in [0.25, 0.3) is 0 Å². The van der Waals surface area contributed by atoms with Crippen LogP contribution in [-0.4, -0.2) is 27.2 Å². The van der Waals surface area contributed by atoms with Crippen molar-refractivity contribution in [2.45, 2.75) is 19.6 Å². The van der Waals surface area contributed by atoms with Gasteiger partial charge < -0.3 is 10.1 Å². The summed E-state index contributed by atoms with van der Waals surface area (Å²) in [7, 11) is -3.59. The molecule has 0 saturated carbocycles. The van der Waals surface area contributed by atoms with Crippen molar-refractivity contribution in [1.82, 2.24) is 0 Å². The quantitative estimate of drug-likeness (QED) is 0.411. The van der Waals surface area contributed by atoms with Gasteiger partial charge in [-0.3, -0.25) is 9.10 Å². The number of alkyl halides is 3. The molecule has 0 aliphatic rings. The Labute approximate surface area is 206 Å². The summed E-state index contributed by atoms with van der Waals surface area (Å²) in [6.07, 6.45) is -3.60. The van der Waals surface area contributed by atoms with E-state index >= 15 is 0 Å². The van der Waals surface area contributed by atoms with Crippen LogP contribution < -0.4 is 14.4 Å². The van der Waals surface area contributed by atoms with Crippen LogP contribution in [-0.2, 0) is 27.5 Å². The fraction of sp³-hybridized carbons (Fsp3) is 0.208. The summed E-state index contributed by atoms with van der Waals surface area (Å²) in [5.74, 6) is -0.570. The summed E-state index contributed by atoms with van der Waals surface area (Å²) < 4.78 is 70.8. The molecule has 0 aliphatic heterocycles. The number of ether oxygens (including phenoxy) is 1. The van der Waals surface area contributed by atoms with Crippen LogP contribution >= 0.6 is 11.6 Å². The van der Waals surface area contributed by atoms with Gasteiger partial charge in [-0.25, -0.2) is 8.42 Å². The average molecular weight is 527 g/mol. The van der Waals surface area contributed by atoms with Crippen LogP contribution in [0.1, 0.15) is 16.7 Å². The number of carbonyl (C=O) groups excluding carboxylic acids is 1. The number of aryl methyl sites for hydroxylation is 1. The Bertz CT molecular complexity index is 1300. The van der Waals surface area contributed by atoms with Gasteiger partial charge in [0.1, 0.15) is 5.75 Å². The first-order valence-corrected chi connectivity index (χ1v) is 12.5. The maximum absolute atomic E-state index is 13.2. The van der Waals surface area contributed by atoms with Gasteiger partial charge in [0, 0.05) is 5.02 Å². The summed E-state index contributed by atoms with van der Waals surface area (Å²) in [5.41, 5.74) is 0.734. The van der Waals surface area contributed by atoms with Crippen LogP contribution in [0.4, 0.5) is 24.5 Å². The number of carbonyl (C=O) groups is 1. The first-order valence-electron chi connectivity index (χ1n) is 10.3. The van der Waals surface area contributed by atoms with Gasteiger partial charge in [-0.2, -0.15) is 13.2 Å². The molecule has 0 saturated heterocycles. The second-order valence-corrected chi connectivity index (χ2v) is 10.1. The largest absolute Gasteiger partial charge is 0.484 e. The van der Waals surface area contributed by atoms with Gasteiger partial charge >= 0.3 is 6.18 Å². The number of benzene rings is 3. The second-order valence-electron chi connectivity index (χ2n) is 7.77. The minimum Gasteiger partial charge on any atom is -0.484 e. The van der Waals surface area contributed by atoms with E-state index in [9.17, 15) is 26.4 Å². The first-order chi connectivity index (χ1) is 16.3. The Morgan fingerprint density at radius 2 is 1.66 bits per heavy atom. The van der Waals surface area contributed by atoms with E-state index < -0.39 is 40.0 Å². The molecule has 1 N–H and O–H groups in total. The summed E-state index contributed by atoms with van der Waals surface area (Å²) in [5, 5.41) is 2.05. The van der Waals surface area contributed by atoms with Gasteiger partial charge in [0.15, 0.2) is 6.61 Å². The number of hydrogen-bond donors (Lipinski definition) is 1. The summed E-state index contributed by atoms with van der Waals surface area (Å²) >= 11 is 5.64. The lowest BCUT2D eigenvalue weighted by atomic mass is 10.1. The standard InChI is InChI=1S/C24H22ClF3N2O4S/c1-16-3-5-17(6-4-16)14-30(35(2,32)33)19-8-10-20(11-9-19)34-15-23(31)29-22-12-7-18(25)13-21(22)24(26,27)28/h3-13H,14-15H2,1-2H3,(H,29,31). The lowest BCUT2D eigenvalue weighted by Crippen LogP contribution is -2.29. The van der Waals surface area contributed by atoms with Crippen LogP contribution in [0.3, 0.4) is 0 Å². The predicted octanol–water partition coefficient (Wildman–Crippen LogP) is 5.65. The monoisotopic (exact) mass is 526 g/mol. The predicted molar refractivity (Wildman–Crippen MR) is 129 cm³/mol. The number of anilines is 2. The van der Waals surface area contributed by atoms with Crippen molar-refractivity contribution in [3.63, 3.8) is 0 Å². The minimum atomic E-state index is -4.70. The third-order valence-corrected chi connectivity index (χ3v) is 6.28. The van der Waals surface area contributed by atoms with Gasteiger partial charge in [-0.1, -0.05) is 41.4 Å². The molecule has 0 radical (unpaired) electrons. The number of nitrogens with zero attached hydrogens (tertiary/aromatic N) is 1. The Hall–Kier alpha value is -3.24. The molecule has 0 aromatic heterocycles. The molecule has 0 fully saturated rings. The molecule has 11 heteroatoms. The normalized spacial score (nSPS) is 11.7. The molecular formula is C24H22ClF3N2O4S. The number of amides is 1.